The molecule has 0 radical (unpaired) electrons. The van der Waals surface area contributed by atoms with Crippen molar-refractivity contribution < 1.29 is 52.7 Å². The van der Waals surface area contributed by atoms with Crippen molar-refractivity contribution in [3.63, 3.8) is 0 Å². The third kappa shape index (κ3) is 7.25. The van der Waals surface area contributed by atoms with Gasteiger partial charge in [0.05, 0.1) is 73.0 Å². The van der Waals surface area contributed by atoms with Gasteiger partial charge in [-0.1, -0.05) is 66.7 Å². The fraction of sp³-hybridized carbons (Fsp3) is 0.0769. The summed E-state index contributed by atoms with van der Waals surface area (Å²) >= 11 is 0. The summed E-state index contributed by atoms with van der Waals surface area (Å²) in [6.45, 7) is 0. The summed E-state index contributed by atoms with van der Waals surface area (Å²) in [5, 5.41) is 12.7. The summed E-state index contributed by atoms with van der Waals surface area (Å²) in [7, 11) is 0. The number of benzene rings is 7. The number of alkyl halides is 12. The van der Waals surface area contributed by atoms with Crippen LogP contribution in [-0.2, 0) is 24.7 Å². The standard InChI is InChI=1S/C52H26F12N4/c53-49(54,55)31-16-18-33(39(25-31)51(59,60)61)28-14-20-43-37(23-28)35-8-1-3-10-41(35)67(43)45-12-5-7-30(27-65)47(45)48-46(13-6-22-66-48)68-42-11-4-2-9-36(42)38-24-29(15-21-44(38)68)34-19-17-32(50(56,57)58)26-40(34)52(62,63)64/h1-26H. The predicted octanol–water partition coefficient (Wildman–Crippen LogP) is 16.2. The number of nitrogens with zero attached hydrogens (tertiary/aromatic N) is 4. The second-order valence-corrected chi connectivity index (χ2v) is 15.9. The van der Waals surface area contributed by atoms with E-state index in [1.807, 2.05) is 4.57 Å². The normalized spacial score (nSPS) is 12.7. The Labute approximate surface area is 376 Å². The van der Waals surface area contributed by atoms with Crippen molar-refractivity contribution in [2.45, 2.75) is 24.7 Å². The molecule has 0 aliphatic carbocycles. The van der Waals surface area contributed by atoms with Gasteiger partial charge >= 0.3 is 24.7 Å². The number of para-hydroxylation sites is 2. The van der Waals surface area contributed by atoms with Gasteiger partial charge in [0, 0.05) is 33.3 Å². The zero-order chi connectivity index (χ0) is 48.1. The first-order valence-corrected chi connectivity index (χ1v) is 20.4. The molecule has 68 heavy (non-hydrogen) atoms. The van der Waals surface area contributed by atoms with Crippen LogP contribution in [-0.4, -0.2) is 14.1 Å². The van der Waals surface area contributed by atoms with E-state index in [1.54, 1.807) is 95.6 Å². The van der Waals surface area contributed by atoms with Crippen molar-refractivity contribution in [1.82, 2.24) is 14.1 Å². The molecule has 338 valence electrons. The molecule has 10 aromatic rings. The molecule has 3 heterocycles. The largest absolute Gasteiger partial charge is 0.417 e. The number of fused-ring (bicyclic) bond motifs is 6. The maximum Gasteiger partial charge on any atom is 0.417 e. The Balaban J connectivity index is 1.19. The molecule has 0 spiro atoms. The third-order valence-electron chi connectivity index (χ3n) is 11.9. The van der Waals surface area contributed by atoms with Gasteiger partial charge in [-0.05, 0) is 107 Å². The van der Waals surface area contributed by atoms with E-state index < -0.39 is 58.1 Å². The highest BCUT2D eigenvalue weighted by Crippen LogP contribution is 2.47. The molecule has 0 bridgehead atoms. The van der Waals surface area contributed by atoms with Gasteiger partial charge in [-0.15, -0.1) is 0 Å². The van der Waals surface area contributed by atoms with Gasteiger partial charge in [0.2, 0.25) is 0 Å². The Hall–Kier alpha value is -8.06. The summed E-state index contributed by atoms with van der Waals surface area (Å²) in [5.41, 5.74) is -3.07. The Morgan fingerprint density at radius 3 is 1.34 bits per heavy atom. The van der Waals surface area contributed by atoms with E-state index in [0.29, 0.717) is 72.7 Å². The van der Waals surface area contributed by atoms with Crippen LogP contribution < -0.4 is 0 Å². The van der Waals surface area contributed by atoms with Crippen molar-refractivity contribution in [2.75, 3.05) is 0 Å². The SMILES string of the molecule is N#Cc1cccc(-n2c3ccccc3c3cc(-c4ccc(C(F)(F)F)cc4C(F)(F)F)ccc32)c1-c1ncccc1-n1c2ccccc2c2cc(-c3ccc(C(F)(F)F)cc3C(F)(F)F)ccc21. The Morgan fingerprint density at radius 1 is 0.412 bits per heavy atom. The second-order valence-electron chi connectivity index (χ2n) is 15.9. The predicted molar refractivity (Wildman–Crippen MR) is 234 cm³/mol. The van der Waals surface area contributed by atoms with Crippen molar-refractivity contribution >= 4 is 43.6 Å². The number of halogens is 12. The topological polar surface area (TPSA) is 46.5 Å². The maximum atomic E-state index is 14.4. The number of pyridine rings is 1. The molecule has 7 aromatic carbocycles. The van der Waals surface area contributed by atoms with Crippen molar-refractivity contribution in [1.29, 1.82) is 5.26 Å². The number of rotatable bonds is 5. The molecular formula is C52H26F12N4. The van der Waals surface area contributed by atoms with Crippen molar-refractivity contribution in [3.05, 3.63) is 186 Å². The molecular weight excluding hydrogens is 909 g/mol. The molecule has 0 saturated carbocycles. The number of aromatic nitrogens is 3. The first kappa shape index (κ1) is 43.8. The number of hydrogen-bond donors (Lipinski definition) is 0. The second kappa shape index (κ2) is 15.5. The van der Waals surface area contributed by atoms with Crippen LogP contribution in [0.25, 0.3) is 88.5 Å². The minimum absolute atomic E-state index is 0.00179. The molecule has 4 nitrogen and oxygen atoms in total. The van der Waals surface area contributed by atoms with Crippen molar-refractivity contribution in [2.24, 2.45) is 0 Å². The lowest BCUT2D eigenvalue weighted by molar-refractivity contribution is -0.144. The van der Waals surface area contributed by atoms with Gasteiger partial charge < -0.3 is 9.13 Å². The van der Waals surface area contributed by atoms with E-state index in [1.165, 1.54) is 30.5 Å². The summed E-state index contributed by atoms with van der Waals surface area (Å²) in [5.74, 6) is 0. The molecule has 0 aliphatic heterocycles. The maximum absolute atomic E-state index is 14.4. The first-order valence-electron chi connectivity index (χ1n) is 20.4. The fourth-order valence-corrected chi connectivity index (χ4v) is 9.05. The summed E-state index contributed by atoms with van der Waals surface area (Å²) < 4.78 is 171. The van der Waals surface area contributed by atoms with Crippen LogP contribution in [0.1, 0.15) is 27.8 Å². The Kier molecular flexibility index (Phi) is 9.99. The highest BCUT2D eigenvalue weighted by atomic mass is 19.4. The lowest BCUT2D eigenvalue weighted by Crippen LogP contribution is -2.12. The monoisotopic (exact) mass is 934 g/mol. The molecule has 10 rings (SSSR count). The van der Waals surface area contributed by atoms with Crippen LogP contribution in [0.3, 0.4) is 0 Å². The molecule has 0 fully saturated rings. The highest BCUT2D eigenvalue weighted by Gasteiger charge is 2.40. The zero-order valence-corrected chi connectivity index (χ0v) is 34.3. The molecule has 0 saturated heterocycles. The van der Waals surface area contributed by atoms with Gasteiger partial charge in [-0.3, -0.25) is 4.98 Å². The van der Waals surface area contributed by atoms with E-state index in [-0.39, 0.29) is 34.5 Å². The summed E-state index contributed by atoms with van der Waals surface area (Å²) in [6.07, 6.45) is -18.8. The molecule has 0 atom stereocenters. The molecule has 0 aliphatic rings. The molecule has 0 unspecified atom stereocenters. The van der Waals surface area contributed by atoms with Crippen LogP contribution in [0.5, 0.6) is 0 Å². The number of hydrogen-bond acceptors (Lipinski definition) is 2. The van der Waals surface area contributed by atoms with Gasteiger partial charge in [0.15, 0.2) is 0 Å². The minimum Gasteiger partial charge on any atom is -0.309 e. The van der Waals surface area contributed by atoms with Gasteiger partial charge in [-0.2, -0.15) is 57.9 Å². The van der Waals surface area contributed by atoms with Gasteiger partial charge in [0.25, 0.3) is 0 Å². The van der Waals surface area contributed by atoms with Gasteiger partial charge in [-0.25, -0.2) is 0 Å². The lowest BCUT2D eigenvalue weighted by atomic mass is 9.95. The van der Waals surface area contributed by atoms with E-state index in [2.05, 4.69) is 6.07 Å². The van der Waals surface area contributed by atoms with Crippen molar-refractivity contribution in [3.8, 4) is 51.0 Å². The van der Waals surface area contributed by atoms with E-state index in [9.17, 15) is 57.9 Å². The molecule has 3 aromatic heterocycles. The highest BCUT2D eigenvalue weighted by molar-refractivity contribution is 6.13. The first-order chi connectivity index (χ1) is 32.2. The van der Waals surface area contributed by atoms with Crippen LogP contribution in [0.4, 0.5) is 52.7 Å². The van der Waals surface area contributed by atoms with Gasteiger partial charge in [0.1, 0.15) is 0 Å². The smallest absolute Gasteiger partial charge is 0.309 e. The fourth-order valence-electron chi connectivity index (χ4n) is 9.05. The lowest BCUT2D eigenvalue weighted by Gasteiger charge is -2.19. The molecule has 0 amide bonds. The Bertz CT molecular complexity index is 3710. The van der Waals surface area contributed by atoms with E-state index in [0.717, 1.165) is 12.1 Å². The average Bonchev–Trinajstić information content (AvgIpc) is 3.81. The van der Waals surface area contributed by atoms with E-state index >= 15 is 0 Å². The number of nitriles is 1. The summed E-state index contributed by atoms with van der Waals surface area (Å²) in [6, 6.07) is 36.3. The molecule has 16 heteroatoms. The van der Waals surface area contributed by atoms with E-state index in [4.69, 9.17) is 4.98 Å². The Morgan fingerprint density at radius 2 is 0.868 bits per heavy atom. The minimum atomic E-state index is -5.13. The van der Waals surface area contributed by atoms with Crippen LogP contribution in [0, 0.1) is 11.3 Å². The summed E-state index contributed by atoms with van der Waals surface area (Å²) in [4.78, 5) is 4.81. The molecule has 0 N–H and O–H groups in total. The average molecular weight is 935 g/mol. The van der Waals surface area contributed by atoms with Crippen LogP contribution in [0.15, 0.2) is 158 Å². The van der Waals surface area contributed by atoms with Crippen LogP contribution in [0.2, 0.25) is 0 Å². The zero-order valence-electron chi connectivity index (χ0n) is 34.3. The quantitative estimate of drug-likeness (QED) is 0.161. The third-order valence-corrected chi connectivity index (χ3v) is 11.9. The van der Waals surface area contributed by atoms with Crippen LogP contribution >= 0.6 is 0 Å².